The fourth-order valence-corrected chi connectivity index (χ4v) is 2.67. The lowest BCUT2D eigenvalue weighted by Gasteiger charge is -2.02. The van der Waals surface area contributed by atoms with Gasteiger partial charge in [-0.2, -0.15) is 16.4 Å². The molecule has 0 aliphatic heterocycles. The molecule has 90 valence electrons. The third-order valence-corrected chi connectivity index (χ3v) is 3.63. The smallest absolute Gasteiger partial charge is 0.129 e. The van der Waals surface area contributed by atoms with Crippen LogP contribution in [0.4, 0.5) is 5.82 Å². The van der Waals surface area contributed by atoms with Crippen molar-refractivity contribution in [3.05, 3.63) is 47.2 Å². The molecule has 0 bridgehead atoms. The van der Waals surface area contributed by atoms with Crippen LogP contribution in [0.5, 0.6) is 0 Å². The van der Waals surface area contributed by atoms with Crippen LogP contribution in [0.25, 0.3) is 22.4 Å². The van der Waals surface area contributed by atoms with Crippen molar-refractivity contribution in [2.24, 2.45) is 7.05 Å². The Hall–Kier alpha value is -2.07. The van der Waals surface area contributed by atoms with E-state index in [0.717, 1.165) is 22.4 Å². The molecule has 18 heavy (non-hydrogen) atoms. The second-order valence-corrected chi connectivity index (χ2v) is 4.89. The Morgan fingerprint density at radius 3 is 2.56 bits per heavy atom. The van der Waals surface area contributed by atoms with Crippen LogP contribution in [-0.2, 0) is 7.05 Å². The van der Waals surface area contributed by atoms with E-state index in [4.69, 9.17) is 5.73 Å². The lowest BCUT2D eigenvalue weighted by atomic mass is 10.0. The zero-order chi connectivity index (χ0) is 12.5. The van der Waals surface area contributed by atoms with Crippen molar-refractivity contribution in [3.8, 4) is 22.4 Å². The summed E-state index contributed by atoms with van der Waals surface area (Å²) in [5.41, 5.74) is 10.3. The third-order valence-electron chi connectivity index (χ3n) is 2.95. The van der Waals surface area contributed by atoms with Crippen molar-refractivity contribution in [2.45, 2.75) is 0 Å². The Kier molecular flexibility index (Phi) is 2.64. The maximum Gasteiger partial charge on any atom is 0.129 e. The van der Waals surface area contributed by atoms with Gasteiger partial charge >= 0.3 is 0 Å². The standard InChI is InChI=1S/C14H13N3S/c1-17-14(15)12(10-5-3-2-4-6-10)13(16-17)11-7-8-18-9-11/h2-9H,15H2,1H3. The topological polar surface area (TPSA) is 43.8 Å². The van der Waals surface area contributed by atoms with Crippen molar-refractivity contribution < 1.29 is 0 Å². The molecule has 0 atom stereocenters. The van der Waals surface area contributed by atoms with Gasteiger partial charge in [0.05, 0.1) is 5.56 Å². The van der Waals surface area contributed by atoms with Crippen LogP contribution in [0, 0.1) is 0 Å². The molecule has 0 spiro atoms. The van der Waals surface area contributed by atoms with Gasteiger partial charge in [-0.3, -0.25) is 4.68 Å². The molecule has 0 aliphatic carbocycles. The van der Waals surface area contributed by atoms with Crippen LogP contribution in [0.15, 0.2) is 47.2 Å². The maximum absolute atomic E-state index is 6.15. The van der Waals surface area contributed by atoms with E-state index in [2.05, 4.69) is 34.1 Å². The second kappa shape index (κ2) is 4.31. The van der Waals surface area contributed by atoms with Crippen molar-refractivity contribution in [2.75, 3.05) is 5.73 Å². The summed E-state index contributed by atoms with van der Waals surface area (Å²) < 4.78 is 1.73. The van der Waals surface area contributed by atoms with Crippen LogP contribution in [0.1, 0.15) is 0 Å². The molecule has 4 heteroatoms. The number of hydrogen-bond acceptors (Lipinski definition) is 3. The van der Waals surface area contributed by atoms with Gasteiger partial charge in [0.1, 0.15) is 11.5 Å². The van der Waals surface area contributed by atoms with Gasteiger partial charge in [0, 0.05) is 18.0 Å². The number of nitrogen functional groups attached to an aromatic ring is 1. The highest BCUT2D eigenvalue weighted by atomic mass is 32.1. The zero-order valence-corrected chi connectivity index (χ0v) is 10.8. The number of anilines is 1. The van der Waals surface area contributed by atoms with Crippen LogP contribution < -0.4 is 5.73 Å². The van der Waals surface area contributed by atoms with E-state index in [9.17, 15) is 0 Å². The highest BCUT2D eigenvalue weighted by molar-refractivity contribution is 7.08. The monoisotopic (exact) mass is 255 g/mol. The summed E-state index contributed by atoms with van der Waals surface area (Å²) in [5.74, 6) is 0.697. The van der Waals surface area contributed by atoms with Crippen LogP contribution >= 0.6 is 11.3 Å². The molecule has 0 saturated carbocycles. The van der Waals surface area contributed by atoms with Crippen molar-refractivity contribution in [1.29, 1.82) is 0 Å². The molecule has 3 nitrogen and oxygen atoms in total. The van der Waals surface area contributed by atoms with Crippen LogP contribution in [0.2, 0.25) is 0 Å². The average molecular weight is 255 g/mol. The van der Waals surface area contributed by atoms with E-state index in [-0.39, 0.29) is 0 Å². The molecule has 0 unspecified atom stereocenters. The van der Waals surface area contributed by atoms with Crippen molar-refractivity contribution in [1.82, 2.24) is 9.78 Å². The zero-order valence-electron chi connectivity index (χ0n) is 10.00. The number of benzene rings is 1. The fraction of sp³-hybridized carbons (Fsp3) is 0.0714. The van der Waals surface area contributed by atoms with Gasteiger partial charge in [-0.25, -0.2) is 0 Å². The van der Waals surface area contributed by atoms with Crippen LogP contribution in [0.3, 0.4) is 0 Å². The van der Waals surface area contributed by atoms with Crippen LogP contribution in [-0.4, -0.2) is 9.78 Å². The quantitative estimate of drug-likeness (QED) is 0.762. The minimum absolute atomic E-state index is 0.697. The molecular formula is C14H13N3S. The van der Waals surface area contributed by atoms with Crippen molar-refractivity contribution >= 4 is 17.2 Å². The summed E-state index contributed by atoms with van der Waals surface area (Å²) in [6, 6.07) is 12.2. The Bertz CT molecular complexity index is 654. The number of nitrogens with zero attached hydrogens (tertiary/aromatic N) is 2. The van der Waals surface area contributed by atoms with Gasteiger partial charge in [0.2, 0.25) is 0 Å². The summed E-state index contributed by atoms with van der Waals surface area (Å²) in [6.07, 6.45) is 0. The maximum atomic E-state index is 6.15. The summed E-state index contributed by atoms with van der Waals surface area (Å²) in [6.45, 7) is 0. The molecule has 0 fully saturated rings. The van der Waals surface area contributed by atoms with E-state index < -0.39 is 0 Å². The van der Waals surface area contributed by atoms with Gasteiger partial charge in [-0.15, -0.1) is 0 Å². The SMILES string of the molecule is Cn1nc(-c2ccsc2)c(-c2ccccc2)c1N. The molecule has 0 radical (unpaired) electrons. The molecule has 2 aromatic heterocycles. The van der Waals surface area contributed by atoms with E-state index in [1.807, 2.05) is 25.2 Å². The predicted octanol–water partition coefficient (Wildman–Crippen LogP) is 3.40. The third kappa shape index (κ3) is 1.71. The highest BCUT2D eigenvalue weighted by Gasteiger charge is 2.17. The Morgan fingerprint density at radius 1 is 1.11 bits per heavy atom. The van der Waals surface area contributed by atoms with E-state index in [1.54, 1.807) is 16.0 Å². The van der Waals surface area contributed by atoms with Gasteiger partial charge in [-0.05, 0) is 17.0 Å². The first-order valence-corrected chi connectivity index (χ1v) is 6.62. The lowest BCUT2D eigenvalue weighted by molar-refractivity contribution is 0.782. The Morgan fingerprint density at radius 2 is 1.89 bits per heavy atom. The normalized spacial score (nSPS) is 10.7. The number of aryl methyl sites for hydroxylation is 1. The molecule has 2 N–H and O–H groups in total. The molecule has 0 amide bonds. The van der Waals surface area contributed by atoms with E-state index in [1.165, 1.54) is 0 Å². The Balaban J connectivity index is 2.26. The summed E-state index contributed by atoms with van der Waals surface area (Å²) in [5, 5.41) is 8.67. The summed E-state index contributed by atoms with van der Waals surface area (Å²) in [4.78, 5) is 0. The molecule has 0 aliphatic rings. The minimum atomic E-state index is 0.697. The second-order valence-electron chi connectivity index (χ2n) is 4.11. The molecule has 3 rings (SSSR count). The summed E-state index contributed by atoms with van der Waals surface area (Å²) in [7, 11) is 1.87. The number of thiophene rings is 1. The van der Waals surface area contributed by atoms with E-state index in [0.29, 0.717) is 5.82 Å². The molecule has 2 heterocycles. The van der Waals surface area contributed by atoms with Gasteiger partial charge in [0.15, 0.2) is 0 Å². The fourth-order valence-electron chi connectivity index (χ4n) is 2.03. The average Bonchev–Trinajstić information content (AvgIpc) is 3.00. The first-order chi connectivity index (χ1) is 8.77. The van der Waals surface area contributed by atoms with Gasteiger partial charge in [-0.1, -0.05) is 30.3 Å². The van der Waals surface area contributed by atoms with E-state index >= 15 is 0 Å². The number of aromatic nitrogens is 2. The molecule has 3 aromatic rings. The number of nitrogens with two attached hydrogens (primary N) is 1. The largest absolute Gasteiger partial charge is 0.383 e. The minimum Gasteiger partial charge on any atom is -0.383 e. The Labute approximate surface area is 109 Å². The molecule has 1 aromatic carbocycles. The van der Waals surface area contributed by atoms with Gasteiger partial charge in [0.25, 0.3) is 0 Å². The first-order valence-electron chi connectivity index (χ1n) is 5.68. The summed E-state index contributed by atoms with van der Waals surface area (Å²) >= 11 is 1.66. The van der Waals surface area contributed by atoms with Crippen molar-refractivity contribution in [3.63, 3.8) is 0 Å². The lowest BCUT2D eigenvalue weighted by Crippen LogP contribution is -1.97. The first kappa shape index (κ1) is 11.0. The number of hydrogen-bond donors (Lipinski definition) is 1. The molecule has 0 saturated heterocycles. The highest BCUT2D eigenvalue weighted by Crippen LogP contribution is 2.36. The predicted molar refractivity (Wildman–Crippen MR) is 76.4 cm³/mol. The van der Waals surface area contributed by atoms with Gasteiger partial charge < -0.3 is 5.73 Å². The number of rotatable bonds is 2. The molecular weight excluding hydrogens is 242 g/mol.